The fourth-order valence-corrected chi connectivity index (χ4v) is 5.45. The Balaban J connectivity index is 1.37. The first-order valence-electron chi connectivity index (χ1n) is 13.3. The molecule has 5 rings (SSSR count). The number of ether oxygens (including phenoxy) is 1. The van der Waals surface area contributed by atoms with Crippen molar-refractivity contribution in [2.75, 3.05) is 45.9 Å². The topological polar surface area (TPSA) is 53.1 Å². The summed E-state index contributed by atoms with van der Waals surface area (Å²) in [6.07, 6.45) is 2.67. The van der Waals surface area contributed by atoms with Gasteiger partial charge in [-0.25, -0.2) is 0 Å². The molecule has 0 N–H and O–H groups in total. The summed E-state index contributed by atoms with van der Waals surface area (Å²) in [7, 11) is 0. The third-order valence-electron chi connectivity index (χ3n) is 7.46. The molecule has 196 valence electrons. The number of hydrogen-bond donors (Lipinski definition) is 0. The summed E-state index contributed by atoms with van der Waals surface area (Å²) >= 11 is 0. The first-order chi connectivity index (χ1) is 18.5. The molecular formula is C32H35N3O3. The summed E-state index contributed by atoms with van der Waals surface area (Å²) in [4.78, 5) is 32.6. The number of carbonyl (C=O) groups is 2. The van der Waals surface area contributed by atoms with Gasteiger partial charge in [0, 0.05) is 44.8 Å². The summed E-state index contributed by atoms with van der Waals surface area (Å²) in [5, 5.41) is 0. The molecule has 0 radical (unpaired) electrons. The maximum absolute atomic E-state index is 13.7. The second-order valence-corrected chi connectivity index (χ2v) is 10.1. The zero-order valence-electron chi connectivity index (χ0n) is 22.0. The molecule has 0 spiro atoms. The molecule has 2 amide bonds. The SMILES string of the molecule is C=CCN1CCN(C(=O)COc2ccc3c(c2)C(c2cccc(C)c2)N(C(=O)c2ccccc2)CC3)CC1. The molecule has 3 aromatic carbocycles. The van der Waals surface area contributed by atoms with Crippen LogP contribution in [0.3, 0.4) is 0 Å². The van der Waals surface area contributed by atoms with Crippen molar-refractivity contribution in [1.82, 2.24) is 14.7 Å². The number of carbonyl (C=O) groups excluding carboxylic acids is 2. The molecule has 0 saturated carbocycles. The van der Waals surface area contributed by atoms with Crippen LogP contribution < -0.4 is 4.74 Å². The van der Waals surface area contributed by atoms with Gasteiger partial charge in [0.1, 0.15) is 5.75 Å². The monoisotopic (exact) mass is 509 g/mol. The highest BCUT2D eigenvalue weighted by Crippen LogP contribution is 2.38. The average molecular weight is 510 g/mol. The molecule has 1 atom stereocenters. The van der Waals surface area contributed by atoms with E-state index in [1.807, 2.05) is 64.4 Å². The van der Waals surface area contributed by atoms with Gasteiger partial charge < -0.3 is 14.5 Å². The van der Waals surface area contributed by atoms with Crippen molar-refractivity contribution < 1.29 is 14.3 Å². The van der Waals surface area contributed by atoms with E-state index in [1.54, 1.807) is 0 Å². The van der Waals surface area contributed by atoms with Gasteiger partial charge in [0.25, 0.3) is 11.8 Å². The molecule has 2 aliphatic rings. The van der Waals surface area contributed by atoms with E-state index in [0.29, 0.717) is 30.9 Å². The number of piperazine rings is 1. The van der Waals surface area contributed by atoms with Crippen LogP contribution in [0.1, 0.15) is 38.7 Å². The van der Waals surface area contributed by atoms with Gasteiger partial charge in [-0.15, -0.1) is 6.58 Å². The van der Waals surface area contributed by atoms with Crippen molar-refractivity contribution in [3.63, 3.8) is 0 Å². The highest BCUT2D eigenvalue weighted by molar-refractivity contribution is 5.95. The van der Waals surface area contributed by atoms with E-state index < -0.39 is 0 Å². The molecule has 38 heavy (non-hydrogen) atoms. The van der Waals surface area contributed by atoms with E-state index in [1.165, 1.54) is 5.56 Å². The molecule has 2 aliphatic heterocycles. The van der Waals surface area contributed by atoms with E-state index in [2.05, 4.69) is 42.7 Å². The number of hydrogen-bond acceptors (Lipinski definition) is 4. The van der Waals surface area contributed by atoms with Gasteiger partial charge in [-0.1, -0.05) is 60.2 Å². The Kier molecular flexibility index (Phi) is 7.89. The fourth-order valence-electron chi connectivity index (χ4n) is 5.45. The normalized spacial score (nSPS) is 17.6. The molecule has 2 heterocycles. The quantitative estimate of drug-likeness (QED) is 0.441. The number of aryl methyl sites for hydroxylation is 1. The van der Waals surface area contributed by atoms with Crippen molar-refractivity contribution in [1.29, 1.82) is 0 Å². The Labute approximate surface area is 225 Å². The van der Waals surface area contributed by atoms with Crippen molar-refractivity contribution in [3.05, 3.63) is 113 Å². The van der Waals surface area contributed by atoms with Crippen LogP contribution in [-0.2, 0) is 11.2 Å². The standard InChI is InChI=1S/C32H35N3O3/c1-3-15-33-17-19-34(20-18-33)30(36)23-38-28-13-12-25-14-16-35(32(37)26-9-5-4-6-10-26)31(29(25)22-28)27-11-7-8-24(2)21-27/h3-13,21-22,31H,1,14-20,23H2,2H3. The van der Waals surface area contributed by atoms with Crippen molar-refractivity contribution in [3.8, 4) is 5.75 Å². The molecule has 6 heteroatoms. The number of benzene rings is 3. The molecule has 0 aliphatic carbocycles. The third kappa shape index (κ3) is 5.65. The highest BCUT2D eigenvalue weighted by Gasteiger charge is 2.33. The fraction of sp³-hybridized carbons (Fsp3) is 0.312. The highest BCUT2D eigenvalue weighted by atomic mass is 16.5. The van der Waals surface area contributed by atoms with Crippen molar-refractivity contribution in [2.45, 2.75) is 19.4 Å². The van der Waals surface area contributed by atoms with Crippen LogP contribution >= 0.6 is 0 Å². The molecule has 1 fully saturated rings. The molecule has 0 aromatic heterocycles. The smallest absolute Gasteiger partial charge is 0.260 e. The van der Waals surface area contributed by atoms with Crippen LogP contribution in [0, 0.1) is 6.92 Å². The third-order valence-corrected chi connectivity index (χ3v) is 7.46. The van der Waals surface area contributed by atoms with Crippen LogP contribution in [0.5, 0.6) is 5.75 Å². The summed E-state index contributed by atoms with van der Waals surface area (Å²) in [5.41, 5.74) is 5.15. The second-order valence-electron chi connectivity index (χ2n) is 10.1. The summed E-state index contributed by atoms with van der Waals surface area (Å²) in [5.74, 6) is 0.658. The van der Waals surface area contributed by atoms with Gasteiger partial charge in [-0.05, 0) is 54.3 Å². The van der Waals surface area contributed by atoms with Gasteiger partial charge in [0.15, 0.2) is 6.61 Å². The average Bonchev–Trinajstić information content (AvgIpc) is 2.96. The second kappa shape index (κ2) is 11.7. The van der Waals surface area contributed by atoms with E-state index in [-0.39, 0.29) is 24.5 Å². The molecule has 6 nitrogen and oxygen atoms in total. The molecule has 1 unspecified atom stereocenters. The molecular weight excluding hydrogens is 474 g/mol. The number of fused-ring (bicyclic) bond motifs is 1. The van der Waals surface area contributed by atoms with Crippen molar-refractivity contribution in [2.24, 2.45) is 0 Å². The minimum Gasteiger partial charge on any atom is -0.484 e. The summed E-state index contributed by atoms with van der Waals surface area (Å²) < 4.78 is 6.03. The number of amides is 2. The van der Waals surface area contributed by atoms with Gasteiger partial charge >= 0.3 is 0 Å². The van der Waals surface area contributed by atoms with E-state index in [9.17, 15) is 9.59 Å². The Morgan fingerprint density at radius 2 is 1.74 bits per heavy atom. The lowest BCUT2D eigenvalue weighted by Gasteiger charge is -2.38. The lowest BCUT2D eigenvalue weighted by atomic mass is 9.87. The predicted molar refractivity (Wildman–Crippen MR) is 149 cm³/mol. The lowest BCUT2D eigenvalue weighted by molar-refractivity contribution is -0.135. The van der Waals surface area contributed by atoms with E-state index in [0.717, 1.165) is 42.7 Å². The Morgan fingerprint density at radius 1 is 0.947 bits per heavy atom. The number of nitrogens with zero attached hydrogens (tertiary/aromatic N) is 3. The zero-order valence-corrected chi connectivity index (χ0v) is 22.0. The van der Waals surface area contributed by atoms with Gasteiger partial charge in [0.2, 0.25) is 0 Å². The maximum Gasteiger partial charge on any atom is 0.260 e. The van der Waals surface area contributed by atoms with Crippen LogP contribution in [0.15, 0.2) is 85.5 Å². The van der Waals surface area contributed by atoms with Crippen LogP contribution in [0.4, 0.5) is 0 Å². The van der Waals surface area contributed by atoms with Gasteiger partial charge in [-0.2, -0.15) is 0 Å². The zero-order chi connectivity index (χ0) is 26.5. The Hall–Kier alpha value is -3.90. The maximum atomic E-state index is 13.7. The minimum atomic E-state index is -0.233. The lowest BCUT2D eigenvalue weighted by Crippen LogP contribution is -2.49. The van der Waals surface area contributed by atoms with Crippen molar-refractivity contribution >= 4 is 11.8 Å². The summed E-state index contributed by atoms with van der Waals surface area (Å²) in [6.45, 7) is 10.4. The van der Waals surface area contributed by atoms with E-state index in [4.69, 9.17) is 4.74 Å². The van der Waals surface area contributed by atoms with Gasteiger partial charge in [0.05, 0.1) is 6.04 Å². The van der Waals surface area contributed by atoms with Crippen LogP contribution in [0.2, 0.25) is 0 Å². The predicted octanol–water partition coefficient (Wildman–Crippen LogP) is 4.49. The van der Waals surface area contributed by atoms with Crippen LogP contribution in [-0.4, -0.2) is 72.4 Å². The Bertz CT molecular complexity index is 1300. The largest absolute Gasteiger partial charge is 0.484 e. The molecule has 0 bridgehead atoms. The number of rotatable bonds is 7. The first kappa shape index (κ1) is 25.7. The van der Waals surface area contributed by atoms with E-state index >= 15 is 0 Å². The first-order valence-corrected chi connectivity index (χ1v) is 13.3. The molecule has 1 saturated heterocycles. The van der Waals surface area contributed by atoms with Crippen LogP contribution in [0.25, 0.3) is 0 Å². The summed E-state index contributed by atoms with van der Waals surface area (Å²) in [6, 6.07) is 23.6. The molecule has 3 aromatic rings. The van der Waals surface area contributed by atoms with Gasteiger partial charge in [-0.3, -0.25) is 14.5 Å². The minimum absolute atomic E-state index is 0.00200. The Morgan fingerprint density at radius 3 is 2.47 bits per heavy atom.